The van der Waals surface area contributed by atoms with Crippen LogP contribution in [-0.2, 0) is 14.3 Å². The van der Waals surface area contributed by atoms with Crippen LogP contribution in [0.1, 0.15) is 45.7 Å². The Morgan fingerprint density at radius 1 is 1.08 bits per heavy atom. The lowest BCUT2D eigenvalue weighted by Crippen LogP contribution is -2.47. The van der Waals surface area contributed by atoms with E-state index in [0.29, 0.717) is 0 Å². The van der Waals surface area contributed by atoms with E-state index < -0.39 is 12.1 Å². The van der Waals surface area contributed by atoms with Gasteiger partial charge in [0, 0.05) is 12.1 Å². The summed E-state index contributed by atoms with van der Waals surface area (Å²) in [5.41, 5.74) is 1.67. The summed E-state index contributed by atoms with van der Waals surface area (Å²) in [6.45, 7) is 11.1. The molecule has 1 amide bonds. The van der Waals surface area contributed by atoms with Crippen molar-refractivity contribution in [2.24, 2.45) is 0 Å². The molecule has 1 aromatic carbocycles. The number of hydrogen-bond acceptors (Lipinski definition) is 4. The Kier molecular flexibility index (Phi) is 7.38. The van der Waals surface area contributed by atoms with Gasteiger partial charge in [-0.1, -0.05) is 29.8 Å². The van der Waals surface area contributed by atoms with Crippen molar-refractivity contribution in [2.45, 2.75) is 59.7 Å². The summed E-state index contributed by atoms with van der Waals surface area (Å²) < 4.78 is 5.22. The van der Waals surface area contributed by atoms with Crippen LogP contribution < -0.4 is 0 Å². The number of amides is 1. The molecule has 0 bridgehead atoms. The number of benzene rings is 1. The second kappa shape index (κ2) is 9.03. The summed E-state index contributed by atoms with van der Waals surface area (Å²) in [6, 6.07) is 9.24. The van der Waals surface area contributed by atoms with Gasteiger partial charge < -0.3 is 9.64 Å². The molecular formula is C20H26N2O3. The maximum absolute atomic E-state index is 12.5. The fourth-order valence-corrected chi connectivity index (χ4v) is 2.56. The summed E-state index contributed by atoms with van der Waals surface area (Å²) in [4.78, 5) is 26.4. The first-order valence-corrected chi connectivity index (χ1v) is 8.39. The van der Waals surface area contributed by atoms with Gasteiger partial charge >= 0.3 is 5.97 Å². The number of nitriles is 1. The van der Waals surface area contributed by atoms with E-state index in [4.69, 9.17) is 4.74 Å². The standard InChI is InChI=1S/C20H26N2O3/c1-13(2)22(14(3)4)19(23)16(6)25-20(24)18(12-21)11-17-9-7-15(5)8-10-17/h7-11,13-14,16H,1-6H3/b18-11+/t16-/m1/s1. The predicted octanol–water partition coefficient (Wildman–Crippen LogP) is 3.48. The summed E-state index contributed by atoms with van der Waals surface area (Å²) in [6.07, 6.45) is 0.508. The molecule has 25 heavy (non-hydrogen) atoms. The molecular weight excluding hydrogens is 316 g/mol. The fraction of sp³-hybridized carbons (Fsp3) is 0.450. The number of rotatable bonds is 6. The predicted molar refractivity (Wildman–Crippen MR) is 97.4 cm³/mol. The van der Waals surface area contributed by atoms with E-state index in [0.717, 1.165) is 11.1 Å². The smallest absolute Gasteiger partial charge is 0.349 e. The second-order valence-electron chi connectivity index (χ2n) is 6.56. The van der Waals surface area contributed by atoms with Gasteiger partial charge in [0.25, 0.3) is 5.91 Å². The Hall–Kier alpha value is -2.61. The van der Waals surface area contributed by atoms with Gasteiger partial charge in [-0.15, -0.1) is 0 Å². The van der Waals surface area contributed by atoms with Crippen molar-refractivity contribution in [1.29, 1.82) is 5.26 Å². The van der Waals surface area contributed by atoms with Crippen LogP contribution in [-0.4, -0.2) is 35.0 Å². The van der Waals surface area contributed by atoms with Gasteiger partial charge in [0.2, 0.25) is 0 Å². The Morgan fingerprint density at radius 3 is 2.04 bits per heavy atom. The molecule has 1 aromatic rings. The van der Waals surface area contributed by atoms with Crippen LogP contribution in [0.2, 0.25) is 0 Å². The summed E-state index contributed by atoms with van der Waals surface area (Å²) in [7, 11) is 0. The minimum absolute atomic E-state index is 0.00723. The van der Waals surface area contributed by atoms with Gasteiger partial charge in [0.1, 0.15) is 11.6 Å². The van der Waals surface area contributed by atoms with E-state index in [1.54, 1.807) is 4.90 Å². The van der Waals surface area contributed by atoms with Crippen LogP contribution in [0.4, 0.5) is 0 Å². The van der Waals surface area contributed by atoms with Crippen LogP contribution in [0, 0.1) is 18.3 Å². The highest BCUT2D eigenvalue weighted by Crippen LogP contribution is 2.13. The molecule has 5 nitrogen and oxygen atoms in total. The summed E-state index contributed by atoms with van der Waals surface area (Å²) in [5, 5.41) is 9.24. The third kappa shape index (κ3) is 5.75. The monoisotopic (exact) mass is 342 g/mol. The quantitative estimate of drug-likeness (QED) is 0.451. The molecule has 134 valence electrons. The number of ether oxygens (including phenoxy) is 1. The van der Waals surface area contributed by atoms with Crippen molar-refractivity contribution in [3.63, 3.8) is 0 Å². The average molecular weight is 342 g/mol. The highest BCUT2D eigenvalue weighted by molar-refractivity contribution is 5.99. The van der Waals surface area contributed by atoms with Gasteiger partial charge in [0.05, 0.1) is 0 Å². The molecule has 0 N–H and O–H groups in total. The Bertz CT molecular complexity index is 674. The van der Waals surface area contributed by atoms with E-state index in [-0.39, 0.29) is 23.6 Å². The third-order valence-electron chi connectivity index (χ3n) is 3.73. The molecule has 1 rings (SSSR count). The SMILES string of the molecule is Cc1ccc(/C=C(\C#N)C(=O)O[C@H](C)C(=O)N(C(C)C)C(C)C)cc1. The largest absolute Gasteiger partial charge is 0.448 e. The molecule has 0 saturated heterocycles. The van der Waals surface area contributed by atoms with Crippen LogP contribution >= 0.6 is 0 Å². The summed E-state index contributed by atoms with van der Waals surface area (Å²) >= 11 is 0. The van der Waals surface area contributed by atoms with Crippen LogP contribution in [0.15, 0.2) is 29.8 Å². The zero-order valence-electron chi connectivity index (χ0n) is 15.7. The lowest BCUT2D eigenvalue weighted by molar-refractivity contribution is -0.157. The zero-order chi connectivity index (χ0) is 19.1. The minimum atomic E-state index is -0.952. The number of aryl methyl sites for hydroxylation is 1. The molecule has 0 aliphatic rings. The normalized spacial score (nSPS) is 12.7. The molecule has 0 heterocycles. The van der Waals surface area contributed by atoms with Gasteiger partial charge in [-0.25, -0.2) is 4.79 Å². The number of hydrogen-bond donors (Lipinski definition) is 0. The van der Waals surface area contributed by atoms with Crippen LogP contribution in [0.25, 0.3) is 6.08 Å². The summed E-state index contributed by atoms with van der Waals surface area (Å²) in [5.74, 6) is -1.07. The van der Waals surface area contributed by atoms with Crippen LogP contribution in [0.3, 0.4) is 0 Å². The lowest BCUT2D eigenvalue weighted by atomic mass is 10.1. The van der Waals surface area contributed by atoms with Crippen molar-refractivity contribution in [3.05, 3.63) is 41.0 Å². The molecule has 0 aromatic heterocycles. The zero-order valence-corrected chi connectivity index (χ0v) is 15.7. The number of nitrogens with zero attached hydrogens (tertiary/aromatic N) is 2. The highest BCUT2D eigenvalue weighted by Gasteiger charge is 2.28. The van der Waals surface area contributed by atoms with E-state index in [9.17, 15) is 14.9 Å². The van der Waals surface area contributed by atoms with Crippen molar-refractivity contribution >= 4 is 18.0 Å². The Balaban J connectivity index is 2.89. The molecule has 1 atom stereocenters. The Morgan fingerprint density at radius 2 is 1.60 bits per heavy atom. The first kappa shape index (κ1) is 20.4. The number of carbonyl (C=O) groups is 2. The first-order valence-electron chi connectivity index (χ1n) is 8.39. The van der Waals surface area contributed by atoms with E-state index in [1.165, 1.54) is 13.0 Å². The van der Waals surface area contributed by atoms with Crippen molar-refractivity contribution in [3.8, 4) is 6.07 Å². The fourth-order valence-electron chi connectivity index (χ4n) is 2.56. The van der Waals surface area contributed by atoms with Gasteiger partial charge in [-0.3, -0.25) is 4.79 Å². The minimum Gasteiger partial charge on any atom is -0.448 e. The first-order chi connectivity index (χ1) is 11.7. The topological polar surface area (TPSA) is 70.4 Å². The van der Waals surface area contributed by atoms with Gasteiger partial charge in [-0.05, 0) is 53.2 Å². The molecule has 0 unspecified atom stereocenters. The highest BCUT2D eigenvalue weighted by atomic mass is 16.5. The molecule has 0 aliphatic heterocycles. The van der Waals surface area contributed by atoms with Gasteiger partial charge in [-0.2, -0.15) is 5.26 Å². The molecule has 0 aliphatic carbocycles. The van der Waals surface area contributed by atoms with Crippen LogP contribution in [0.5, 0.6) is 0 Å². The molecule has 0 spiro atoms. The molecule has 0 saturated carbocycles. The van der Waals surface area contributed by atoms with E-state index >= 15 is 0 Å². The molecule has 0 fully saturated rings. The third-order valence-corrected chi connectivity index (χ3v) is 3.73. The van der Waals surface area contributed by atoms with Crippen molar-refractivity contribution < 1.29 is 14.3 Å². The average Bonchev–Trinajstić information content (AvgIpc) is 2.53. The lowest BCUT2D eigenvalue weighted by Gasteiger charge is -2.32. The maximum atomic E-state index is 12.5. The number of esters is 1. The second-order valence-corrected chi connectivity index (χ2v) is 6.56. The molecule has 5 heteroatoms. The number of carbonyl (C=O) groups excluding carboxylic acids is 2. The van der Waals surface area contributed by atoms with E-state index in [2.05, 4.69) is 0 Å². The molecule has 0 radical (unpaired) electrons. The van der Waals surface area contributed by atoms with Crippen molar-refractivity contribution in [1.82, 2.24) is 4.90 Å². The maximum Gasteiger partial charge on any atom is 0.349 e. The van der Waals surface area contributed by atoms with Gasteiger partial charge in [0.15, 0.2) is 6.10 Å². The van der Waals surface area contributed by atoms with E-state index in [1.807, 2.05) is 65.0 Å². The van der Waals surface area contributed by atoms with Crippen molar-refractivity contribution in [2.75, 3.05) is 0 Å². The Labute approximate surface area is 149 Å².